The fourth-order valence-corrected chi connectivity index (χ4v) is 2.22. The minimum absolute atomic E-state index is 0.0191. The lowest BCUT2D eigenvalue weighted by molar-refractivity contribution is -0.384. The fourth-order valence-electron chi connectivity index (χ4n) is 2.22. The summed E-state index contributed by atoms with van der Waals surface area (Å²) in [5.74, 6) is 0.604. The Labute approximate surface area is 124 Å². The van der Waals surface area contributed by atoms with E-state index in [1.54, 1.807) is 0 Å². The van der Waals surface area contributed by atoms with Crippen LogP contribution in [-0.2, 0) is 0 Å². The summed E-state index contributed by atoms with van der Waals surface area (Å²) in [6, 6.07) is 3.22. The van der Waals surface area contributed by atoms with Crippen LogP contribution in [0.3, 0.4) is 0 Å². The summed E-state index contributed by atoms with van der Waals surface area (Å²) in [6.07, 6.45) is 2.27. The molecule has 0 spiro atoms. The maximum atomic E-state index is 11.2. The minimum atomic E-state index is -0.560. The van der Waals surface area contributed by atoms with Crippen molar-refractivity contribution in [3.05, 3.63) is 27.9 Å². The molecule has 21 heavy (non-hydrogen) atoms. The predicted octanol–water partition coefficient (Wildman–Crippen LogP) is 2.25. The number of hydrogen-bond acceptors (Lipinski definition) is 6. The first kappa shape index (κ1) is 16.9. The van der Waals surface area contributed by atoms with E-state index < -0.39 is 4.92 Å². The van der Waals surface area contributed by atoms with E-state index in [0.717, 1.165) is 13.0 Å². The first-order valence-electron chi connectivity index (χ1n) is 6.79. The van der Waals surface area contributed by atoms with E-state index >= 15 is 0 Å². The predicted molar refractivity (Wildman–Crippen MR) is 81.0 cm³/mol. The molecule has 1 rings (SSSR count). The molecule has 0 aliphatic carbocycles. The Morgan fingerprint density at radius 1 is 1.52 bits per heavy atom. The van der Waals surface area contributed by atoms with E-state index in [-0.39, 0.29) is 23.1 Å². The summed E-state index contributed by atoms with van der Waals surface area (Å²) >= 11 is 0. The van der Waals surface area contributed by atoms with Gasteiger partial charge in [-0.05, 0) is 32.5 Å². The summed E-state index contributed by atoms with van der Waals surface area (Å²) in [5.41, 5.74) is -0.238. The van der Waals surface area contributed by atoms with Crippen molar-refractivity contribution < 1.29 is 4.92 Å². The lowest BCUT2D eigenvalue weighted by Crippen LogP contribution is -2.34. The zero-order valence-electron chi connectivity index (χ0n) is 12.8. The number of nitro groups is 1. The van der Waals surface area contributed by atoms with Crippen molar-refractivity contribution in [2.75, 3.05) is 26.0 Å². The molecule has 0 aromatic carbocycles. The number of aromatic nitrogens is 1. The van der Waals surface area contributed by atoms with E-state index in [2.05, 4.69) is 24.1 Å². The fraction of sp³-hybridized carbons (Fsp3) is 0.571. The molecular formula is C14H21N5O2. The van der Waals surface area contributed by atoms with Crippen LogP contribution in [0.2, 0.25) is 0 Å². The summed E-state index contributed by atoms with van der Waals surface area (Å²) in [4.78, 5) is 16.7. The van der Waals surface area contributed by atoms with E-state index in [1.807, 2.05) is 25.1 Å². The van der Waals surface area contributed by atoms with Crippen LogP contribution >= 0.6 is 0 Å². The Morgan fingerprint density at radius 3 is 2.67 bits per heavy atom. The Kier molecular flexibility index (Phi) is 6.06. The SMILES string of the molecule is CC(C)CC(CN(C)C)Nc1nccc(C#N)c1[N+](=O)[O-]. The average Bonchev–Trinajstić information content (AvgIpc) is 2.36. The van der Waals surface area contributed by atoms with E-state index in [4.69, 9.17) is 5.26 Å². The molecule has 114 valence electrons. The van der Waals surface area contributed by atoms with Crippen LogP contribution in [0.4, 0.5) is 11.5 Å². The number of anilines is 1. The molecule has 1 heterocycles. The molecule has 1 atom stereocenters. The van der Waals surface area contributed by atoms with E-state index in [0.29, 0.717) is 5.92 Å². The van der Waals surface area contributed by atoms with Gasteiger partial charge in [-0.3, -0.25) is 10.1 Å². The van der Waals surface area contributed by atoms with Gasteiger partial charge in [0.05, 0.1) is 4.92 Å². The second kappa shape index (κ2) is 7.55. The summed E-state index contributed by atoms with van der Waals surface area (Å²) < 4.78 is 0. The third-order valence-corrected chi connectivity index (χ3v) is 2.91. The van der Waals surface area contributed by atoms with Gasteiger partial charge in [0.1, 0.15) is 11.6 Å². The highest BCUT2D eigenvalue weighted by Crippen LogP contribution is 2.27. The van der Waals surface area contributed by atoms with Crippen LogP contribution in [0.15, 0.2) is 12.3 Å². The molecule has 1 aromatic rings. The summed E-state index contributed by atoms with van der Waals surface area (Å²) in [7, 11) is 3.89. The van der Waals surface area contributed by atoms with Gasteiger partial charge < -0.3 is 10.2 Å². The summed E-state index contributed by atoms with van der Waals surface area (Å²) in [6.45, 7) is 4.92. The number of pyridine rings is 1. The van der Waals surface area contributed by atoms with Gasteiger partial charge in [-0.25, -0.2) is 4.98 Å². The average molecular weight is 291 g/mol. The molecule has 0 bridgehead atoms. The van der Waals surface area contributed by atoms with Gasteiger partial charge in [-0.1, -0.05) is 13.8 Å². The van der Waals surface area contributed by atoms with Crippen LogP contribution in [0.1, 0.15) is 25.8 Å². The topological polar surface area (TPSA) is 95.1 Å². The first-order valence-corrected chi connectivity index (χ1v) is 6.79. The summed E-state index contributed by atoms with van der Waals surface area (Å²) in [5, 5.41) is 23.3. The Morgan fingerprint density at radius 2 is 2.19 bits per heavy atom. The molecule has 0 aliphatic heterocycles. The molecule has 1 aromatic heterocycles. The molecule has 0 amide bonds. The Balaban J connectivity index is 3.08. The number of nitrogens with zero attached hydrogens (tertiary/aromatic N) is 4. The van der Waals surface area contributed by atoms with Crippen molar-refractivity contribution in [1.29, 1.82) is 5.26 Å². The van der Waals surface area contributed by atoms with Gasteiger partial charge in [-0.15, -0.1) is 0 Å². The Bertz CT molecular complexity index is 527. The van der Waals surface area contributed by atoms with Crippen molar-refractivity contribution in [3.63, 3.8) is 0 Å². The zero-order valence-corrected chi connectivity index (χ0v) is 12.8. The molecule has 0 saturated carbocycles. The lowest BCUT2D eigenvalue weighted by Gasteiger charge is -2.24. The third-order valence-electron chi connectivity index (χ3n) is 2.91. The smallest absolute Gasteiger partial charge is 0.328 e. The van der Waals surface area contributed by atoms with Crippen molar-refractivity contribution in [3.8, 4) is 6.07 Å². The molecule has 0 radical (unpaired) electrons. The largest absolute Gasteiger partial charge is 0.360 e. The van der Waals surface area contributed by atoms with Crippen LogP contribution in [-0.4, -0.2) is 41.5 Å². The minimum Gasteiger partial charge on any atom is -0.360 e. The van der Waals surface area contributed by atoms with Gasteiger partial charge in [0.2, 0.25) is 5.82 Å². The van der Waals surface area contributed by atoms with Crippen molar-refractivity contribution in [2.45, 2.75) is 26.3 Å². The van der Waals surface area contributed by atoms with Crippen LogP contribution in [0.5, 0.6) is 0 Å². The number of hydrogen-bond donors (Lipinski definition) is 1. The number of likely N-dealkylation sites (N-methyl/N-ethyl adjacent to an activating group) is 1. The highest BCUT2D eigenvalue weighted by molar-refractivity contribution is 5.64. The number of rotatable bonds is 7. The van der Waals surface area contributed by atoms with Crippen LogP contribution in [0.25, 0.3) is 0 Å². The zero-order chi connectivity index (χ0) is 16.0. The van der Waals surface area contributed by atoms with Gasteiger partial charge in [0.15, 0.2) is 0 Å². The third kappa shape index (κ3) is 5.00. The molecule has 0 aliphatic rings. The molecule has 7 heteroatoms. The van der Waals surface area contributed by atoms with Gasteiger partial charge in [0, 0.05) is 18.8 Å². The van der Waals surface area contributed by atoms with Crippen molar-refractivity contribution in [2.24, 2.45) is 5.92 Å². The highest BCUT2D eigenvalue weighted by Gasteiger charge is 2.23. The molecule has 0 fully saturated rings. The first-order chi connectivity index (χ1) is 9.85. The maximum Gasteiger partial charge on any atom is 0.328 e. The number of nitriles is 1. The van der Waals surface area contributed by atoms with Gasteiger partial charge in [0.25, 0.3) is 0 Å². The molecule has 0 saturated heterocycles. The lowest BCUT2D eigenvalue weighted by atomic mass is 10.0. The monoisotopic (exact) mass is 291 g/mol. The van der Waals surface area contributed by atoms with Crippen LogP contribution < -0.4 is 5.32 Å². The Hall–Kier alpha value is -2.20. The van der Waals surface area contributed by atoms with Crippen LogP contribution in [0, 0.1) is 27.4 Å². The molecular weight excluding hydrogens is 270 g/mol. The van der Waals surface area contributed by atoms with Gasteiger partial charge in [-0.2, -0.15) is 5.26 Å². The molecule has 1 N–H and O–H groups in total. The quantitative estimate of drug-likeness (QED) is 0.611. The second-order valence-electron chi connectivity index (χ2n) is 5.66. The van der Waals surface area contributed by atoms with Crippen molar-refractivity contribution in [1.82, 2.24) is 9.88 Å². The molecule has 7 nitrogen and oxygen atoms in total. The normalized spacial score (nSPS) is 12.2. The second-order valence-corrected chi connectivity index (χ2v) is 5.66. The van der Waals surface area contributed by atoms with Crippen molar-refractivity contribution >= 4 is 11.5 Å². The van der Waals surface area contributed by atoms with Gasteiger partial charge >= 0.3 is 5.69 Å². The maximum absolute atomic E-state index is 11.2. The van der Waals surface area contributed by atoms with E-state index in [9.17, 15) is 10.1 Å². The highest BCUT2D eigenvalue weighted by atomic mass is 16.6. The molecule has 1 unspecified atom stereocenters. The standard InChI is InChI=1S/C14H21N5O2/c1-10(2)7-12(9-18(3)4)17-14-13(19(20)21)11(8-15)5-6-16-14/h5-6,10,12H,7,9H2,1-4H3,(H,16,17). The number of nitrogens with one attached hydrogen (secondary N) is 1. The van der Waals surface area contributed by atoms with E-state index in [1.165, 1.54) is 12.3 Å².